The molecule has 0 aromatic carbocycles. The van der Waals surface area contributed by atoms with E-state index in [1.165, 1.54) is 11.8 Å². The summed E-state index contributed by atoms with van der Waals surface area (Å²) in [5.74, 6) is -0.190. The van der Waals surface area contributed by atoms with Gasteiger partial charge in [-0.2, -0.15) is 0 Å². The number of carbonyl (C=O) groups is 2. The highest BCUT2D eigenvalue weighted by Gasteiger charge is 2.37. The van der Waals surface area contributed by atoms with Crippen molar-refractivity contribution in [3.8, 4) is 0 Å². The van der Waals surface area contributed by atoms with Gasteiger partial charge in [0.05, 0.1) is 12.1 Å². The number of likely N-dealkylation sites (tertiary alicyclic amines) is 1. The zero-order valence-electron chi connectivity index (χ0n) is 8.86. The molecule has 4 nitrogen and oxygen atoms in total. The molecule has 0 radical (unpaired) electrons. The second-order valence-electron chi connectivity index (χ2n) is 4.13. The van der Waals surface area contributed by atoms with Crippen LogP contribution >= 0.6 is 0 Å². The molecule has 1 heterocycles. The lowest BCUT2D eigenvalue weighted by molar-refractivity contribution is -0.137. The Morgan fingerprint density at radius 3 is 2.43 bits per heavy atom. The third-order valence-corrected chi connectivity index (χ3v) is 2.58. The molecule has 1 fully saturated rings. The lowest BCUT2D eigenvalue weighted by Gasteiger charge is -2.22. The molecular formula is C10H17NO3. The first-order valence-corrected chi connectivity index (χ1v) is 4.92. The van der Waals surface area contributed by atoms with Gasteiger partial charge in [-0.05, 0) is 0 Å². The quantitative estimate of drug-likeness (QED) is 0.691. The van der Waals surface area contributed by atoms with Gasteiger partial charge < -0.3 is 10.0 Å². The van der Waals surface area contributed by atoms with E-state index in [1.807, 2.05) is 13.8 Å². The van der Waals surface area contributed by atoms with Crippen LogP contribution in [0.15, 0.2) is 0 Å². The van der Waals surface area contributed by atoms with Crippen molar-refractivity contribution in [3.05, 3.63) is 0 Å². The van der Waals surface area contributed by atoms with Crippen LogP contribution in [0.25, 0.3) is 0 Å². The van der Waals surface area contributed by atoms with Gasteiger partial charge >= 0.3 is 0 Å². The number of carbonyl (C=O) groups excluding carboxylic acids is 2. The summed E-state index contributed by atoms with van der Waals surface area (Å²) < 4.78 is 0. The van der Waals surface area contributed by atoms with Crippen molar-refractivity contribution in [2.45, 2.75) is 39.3 Å². The Bertz CT molecular complexity index is 250. The average molecular weight is 199 g/mol. The summed E-state index contributed by atoms with van der Waals surface area (Å²) in [7, 11) is 0. The van der Waals surface area contributed by atoms with Crippen molar-refractivity contribution in [2.75, 3.05) is 6.54 Å². The largest absolute Gasteiger partial charge is 0.391 e. The maximum Gasteiger partial charge on any atom is 0.220 e. The average Bonchev–Trinajstić information content (AvgIpc) is 2.45. The molecule has 2 atom stereocenters. The van der Waals surface area contributed by atoms with Crippen LogP contribution in [-0.4, -0.2) is 40.4 Å². The van der Waals surface area contributed by atoms with Gasteiger partial charge in [-0.15, -0.1) is 0 Å². The highest BCUT2D eigenvalue weighted by Crippen LogP contribution is 2.21. The molecule has 4 heteroatoms. The fraction of sp³-hybridized carbons (Fsp3) is 0.800. The van der Waals surface area contributed by atoms with Gasteiger partial charge in [-0.3, -0.25) is 9.59 Å². The molecule has 0 aromatic rings. The first-order valence-electron chi connectivity index (χ1n) is 4.92. The summed E-state index contributed by atoms with van der Waals surface area (Å²) in [6, 6.07) is -0.414. The van der Waals surface area contributed by atoms with E-state index in [-0.39, 0.29) is 17.6 Å². The van der Waals surface area contributed by atoms with E-state index in [0.29, 0.717) is 13.0 Å². The van der Waals surface area contributed by atoms with Crippen LogP contribution in [0.5, 0.6) is 0 Å². The van der Waals surface area contributed by atoms with Crippen molar-refractivity contribution < 1.29 is 14.7 Å². The van der Waals surface area contributed by atoms with E-state index in [0.717, 1.165) is 0 Å². The van der Waals surface area contributed by atoms with Crippen molar-refractivity contribution >= 4 is 11.7 Å². The van der Waals surface area contributed by atoms with Crippen LogP contribution in [0.1, 0.15) is 27.2 Å². The van der Waals surface area contributed by atoms with Gasteiger partial charge in [0.15, 0.2) is 5.78 Å². The minimum Gasteiger partial charge on any atom is -0.391 e. The first kappa shape index (κ1) is 11.2. The van der Waals surface area contributed by atoms with E-state index in [2.05, 4.69) is 0 Å². The molecule has 0 spiro atoms. The molecule has 0 aliphatic carbocycles. The molecule has 1 saturated heterocycles. The van der Waals surface area contributed by atoms with Crippen LogP contribution < -0.4 is 0 Å². The summed E-state index contributed by atoms with van der Waals surface area (Å²) >= 11 is 0. The monoisotopic (exact) mass is 199 g/mol. The molecule has 80 valence electrons. The van der Waals surface area contributed by atoms with Gasteiger partial charge in [-0.25, -0.2) is 0 Å². The second kappa shape index (κ2) is 4.09. The van der Waals surface area contributed by atoms with Gasteiger partial charge in [0.25, 0.3) is 0 Å². The summed E-state index contributed by atoms with van der Waals surface area (Å²) in [6.07, 6.45) is -0.164. The highest BCUT2D eigenvalue weighted by atomic mass is 16.3. The van der Waals surface area contributed by atoms with Crippen LogP contribution in [0.4, 0.5) is 0 Å². The van der Waals surface area contributed by atoms with E-state index in [9.17, 15) is 14.7 Å². The van der Waals surface area contributed by atoms with Crippen molar-refractivity contribution in [1.29, 1.82) is 0 Å². The van der Waals surface area contributed by atoms with Gasteiger partial charge in [0, 0.05) is 25.8 Å². The number of hydrogen-bond donors (Lipinski definition) is 1. The lowest BCUT2D eigenvalue weighted by Crippen LogP contribution is -2.41. The minimum absolute atomic E-state index is 0.0387. The van der Waals surface area contributed by atoms with Crippen molar-refractivity contribution in [1.82, 2.24) is 4.90 Å². The zero-order chi connectivity index (χ0) is 10.9. The number of ketones is 1. The summed E-state index contributed by atoms with van der Waals surface area (Å²) in [4.78, 5) is 24.4. The number of amides is 1. The Morgan fingerprint density at radius 1 is 1.43 bits per heavy atom. The molecule has 0 aromatic heterocycles. The number of β-amino-alcohol motifs (C(OH)–C–C–N with tert-alkyl or cyclic N) is 1. The number of aliphatic hydroxyl groups is 1. The Kier molecular flexibility index (Phi) is 3.26. The molecule has 1 amide bonds. The molecule has 14 heavy (non-hydrogen) atoms. The number of nitrogens with zero attached hydrogens (tertiary/aromatic N) is 1. The molecule has 1 rings (SSSR count). The molecule has 0 saturated carbocycles. The van der Waals surface area contributed by atoms with E-state index in [4.69, 9.17) is 0 Å². The zero-order valence-corrected chi connectivity index (χ0v) is 8.86. The van der Waals surface area contributed by atoms with Gasteiger partial charge in [-0.1, -0.05) is 13.8 Å². The maximum atomic E-state index is 11.7. The smallest absolute Gasteiger partial charge is 0.220 e. The SMILES string of the molecule is CC(=O)N1C[C@H](O)C[C@H]1C(=O)C(C)C. The van der Waals surface area contributed by atoms with Crippen LogP contribution in [-0.2, 0) is 9.59 Å². The molecule has 0 unspecified atom stereocenters. The molecular weight excluding hydrogens is 182 g/mol. The van der Waals surface area contributed by atoms with Crippen LogP contribution in [0.2, 0.25) is 0 Å². The van der Waals surface area contributed by atoms with Gasteiger partial charge in [0.2, 0.25) is 5.91 Å². The number of rotatable bonds is 2. The standard InChI is InChI=1S/C10H17NO3/c1-6(2)10(14)9-4-8(13)5-11(9)7(3)12/h6,8-9,13H,4-5H2,1-3H3/t8-,9+/m1/s1. The topological polar surface area (TPSA) is 57.6 Å². The third kappa shape index (κ3) is 2.12. The Balaban J connectivity index is 2.76. The van der Waals surface area contributed by atoms with Gasteiger partial charge in [0.1, 0.15) is 0 Å². The number of aliphatic hydroxyl groups excluding tert-OH is 1. The second-order valence-corrected chi connectivity index (χ2v) is 4.13. The molecule has 0 bridgehead atoms. The highest BCUT2D eigenvalue weighted by molar-refractivity contribution is 5.90. The summed E-state index contributed by atoms with van der Waals surface area (Å²) in [5.41, 5.74) is 0. The van der Waals surface area contributed by atoms with E-state index in [1.54, 1.807) is 0 Å². The van der Waals surface area contributed by atoms with Crippen molar-refractivity contribution in [3.63, 3.8) is 0 Å². The predicted molar refractivity (Wildman–Crippen MR) is 51.6 cm³/mol. The first-order chi connectivity index (χ1) is 6.43. The van der Waals surface area contributed by atoms with Crippen LogP contribution in [0, 0.1) is 5.92 Å². The van der Waals surface area contributed by atoms with Crippen LogP contribution in [0.3, 0.4) is 0 Å². The van der Waals surface area contributed by atoms with E-state index >= 15 is 0 Å². The fourth-order valence-electron chi connectivity index (χ4n) is 1.82. The number of hydrogen-bond acceptors (Lipinski definition) is 3. The molecule has 1 N–H and O–H groups in total. The Labute approximate surface area is 83.9 Å². The van der Waals surface area contributed by atoms with Crippen molar-refractivity contribution in [2.24, 2.45) is 5.92 Å². The summed E-state index contributed by atoms with van der Waals surface area (Å²) in [5, 5.41) is 9.40. The fourth-order valence-corrected chi connectivity index (χ4v) is 1.82. The minimum atomic E-state index is -0.549. The Hall–Kier alpha value is -0.900. The predicted octanol–water partition coefficient (Wildman–Crippen LogP) is 0.193. The van der Waals surface area contributed by atoms with E-state index < -0.39 is 12.1 Å². The Morgan fingerprint density at radius 2 is 2.00 bits per heavy atom. The third-order valence-electron chi connectivity index (χ3n) is 2.58. The molecule has 1 aliphatic rings. The normalized spacial score (nSPS) is 27.1. The summed E-state index contributed by atoms with van der Waals surface area (Å²) in [6.45, 7) is 5.34. The molecule has 1 aliphatic heterocycles. The lowest BCUT2D eigenvalue weighted by atomic mass is 9.99. The maximum absolute atomic E-state index is 11.7. The number of Topliss-reactive ketones (excluding diaryl/α,β-unsaturated/α-hetero) is 1.